The minimum Gasteiger partial charge on any atom is -0.369 e. The molecular formula is C25H31N7O. The standard InChI is InChI=1S/C25H31N7O/c1-2-14-28-23-20(8-4-3-6-16-29-24(33)22-9-5-7-15-27-22)18-30-25(32-23)31-21-12-10-19(17-26)11-13-21/h10-13,18,22,27H,2-3,5-7,9,14-16H2,1H3,(H,29,33)(H2,28,30,31,32). The molecule has 1 aliphatic heterocycles. The molecule has 3 rings (SSSR count). The molecule has 1 aliphatic rings. The molecule has 0 aliphatic carbocycles. The predicted octanol–water partition coefficient (Wildman–Crippen LogP) is 3.30. The topological polar surface area (TPSA) is 115 Å². The van der Waals surface area contributed by atoms with Crippen molar-refractivity contribution in [1.29, 1.82) is 5.26 Å². The van der Waals surface area contributed by atoms with Gasteiger partial charge in [-0.2, -0.15) is 10.2 Å². The van der Waals surface area contributed by atoms with E-state index < -0.39 is 0 Å². The average molecular weight is 446 g/mol. The van der Waals surface area contributed by atoms with E-state index in [9.17, 15) is 4.79 Å². The van der Waals surface area contributed by atoms with Crippen molar-refractivity contribution in [3.8, 4) is 17.9 Å². The molecule has 1 aromatic heterocycles. The molecule has 4 N–H and O–H groups in total. The van der Waals surface area contributed by atoms with Gasteiger partial charge in [0.1, 0.15) is 5.82 Å². The number of hydrogen-bond donors (Lipinski definition) is 4. The first kappa shape index (κ1) is 24.0. The zero-order valence-corrected chi connectivity index (χ0v) is 19.1. The van der Waals surface area contributed by atoms with Crippen LogP contribution in [0.25, 0.3) is 0 Å². The molecule has 0 radical (unpaired) electrons. The van der Waals surface area contributed by atoms with Crippen molar-refractivity contribution in [2.24, 2.45) is 0 Å². The van der Waals surface area contributed by atoms with Gasteiger partial charge in [0.2, 0.25) is 11.9 Å². The summed E-state index contributed by atoms with van der Waals surface area (Å²) in [6.07, 6.45) is 7.30. The summed E-state index contributed by atoms with van der Waals surface area (Å²) in [4.78, 5) is 21.1. The zero-order chi connectivity index (χ0) is 23.3. The van der Waals surface area contributed by atoms with Crippen LogP contribution in [0, 0.1) is 23.2 Å². The van der Waals surface area contributed by atoms with Crippen molar-refractivity contribution in [1.82, 2.24) is 20.6 Å². The number of nitriles is 1. The van der Waals surface area contributed by atoms with Gasteiger partial charge in [-0.3, -0.25) is 4.79 Å². The number of hydrogen-bond acceptors (Lipinski definition) is 7. The number of rotatable bonds is 9. The Hall–Kier alpha value is -3.62. The summed E-state index contributed by atoms with van der Waals surface area (Å²) >= 11 is 0. The SMILES string of the molecule is CCCNc1nc(Nc2ccc(C#N)cc2)ncc1C#CCCCNC(=O)C1CCCCN1. The summed E-state index contributed by atoms with van der Waals surface area (Å²) in [5, 5.41) is 21.7. The summed E-state index contributed by atoms with van der Waals surface area (Å²) < 4.78 is 0. The third-order valence-electron chi connectivity index (χ3n) is 5.23. The maximum atomic E-state index is 12.1. The van der Waals surface area contributed by atoms with Crippen LogP contribution in [0.4, 0.5) is 17.5 Å². The van der Waals surface area contributed by atoms with Crippen LogP contribution in [0.3, 0.4) is 0 Å². The Balaban J connectivity index is 1.53. The zero-order valence-electron chi connectivity index (χ0n) is 19.1. The number of carbonyl (C=O) groups excluding carboxylic acids is 1. The molecule has 33 heavy (non-hydrogen) atoms. The first-order valence-corrected chi connectivity index (χ1v) is 11.6. The Morgan fingerprint density at radius 3 is 2.82 bits per heavy atom. The molecule has 1 saturated heterocycles. The van der Waals surface area contributed by atoms with Gasteiger partial charge >= 0.3 is 0 Å². The Labute approximate surface area is 195 Å². The van der Waals surface area contributed by atoms with E-state index in [0.29, 0.717) is 30.3 Å². The third kappa shape index (κ3) is 7.78. The van der Waals surface area contributed by atoms with Crippen molar-refractivity contribution in [2.75, 3.05) is 30.3 Å². The Morgan fingerprint density at radius 2 is 2.09 bits per heavy atom. The first-order chi connectivity index (χ1) is 16.2. The highest BCUT2D eigenvalue weighted by molar-refractivity contribution is 5.81. The van der Waals surface area contributed by atoms with Gasteiger partial charge in [-0.25, -0.2) is 4.98 Å². The molecule has 0 bridgehead atoms. The number of aromatic nitrogens is 2. The molecule has 172 valence electrons. The lowest BCUT2D eigenvalue weighted by Gasteiger charge is -2.22. The normalized spacial score (nSPS) is 15.0. The predicted molar refractivity (Wildman–Crippen MR) is 130 cm³/mol. The van der Waals surface area contributed by atoms with Crippen LogP contribution in [0.1, 0.15) is 56.6 Å². The van der Waals surface area contributed by atoms with Gasteiger partial charge in [0.05, 0.1) is 29.4 Å². The van der Waals surface area contributed by atoms with Crippen LogP contribution in [0.5, 0.6) is 0 Å². The number of amides is 1. The van der Waals surface area contributed by atoms with Crippen LogP contribution in [-0.4, -0.2) is 41.6 Å². The highest BCUT2D eigenvalue weighted by atomic mass is 16.2. The quantitative estimate of drug-likeness (QED) is 0.346. The van der Waals surface area contributed by atoms with Crippen molar-refractivity contribution in [3.63, 3.8) is 0 Å². The molecule has 0 spiro atoms. The molecule has 2 aromatic rings. The van der Waals surface area contributed by atoms with Crippen molar-refractivity contribution >= 4 is 23.4 Å². The summed E-state index contributed by atoms with van der Waals surface area (Å²) in [6.45, 7) is 4.41. The van der Waals surface area contributed by atoms with Crippen molar-refractivity contribution in [3.05, 3.63) is 41.6 Å². The van der Waals surface area contributed by atoms with E-state index in [0.717, 1.165) is 56.4 Å². The van der Waals surface area contributed by atoms with Gasteiger partial charge in [0, 0.05) is 25.2 Å². The second-order valence-corrected chi connectivity index (χ2v) is 7.90. The second kappa shape index (κ2) is 13.0. The summed E-state index contributed by atoms with van der Waals surface area (Å²) in [5.41, 5.74) is 2.15. The number of piperidine rings is 1. The van der Waals surface area contributed by atoms with E-state index in [-0.39, 0.29) is 11.9 Å². The van der Waals surface area contributed by atoms with Crippen LogP contribution < -0.4 is 21.3 Å². The van der Waals surface area contributed by atoms with Crippen molar-refractivity contribution < 1.29 is 4.79 Å². The molecule has 1 aromatic carbocycles. The molecular weight excluding hydrogens is 414 g/mol. The molecule has 8 heteroatoms. The van der Waals surface area contributed by atoms with E-state index in [4.69, 9.17) is 5.26 Å². The highest BCUT2D eigenvalue weighted by Crippen LogP contribution is 2.18. The molecule has 0 saturated carbocycles. The fraction of sp³-hybridized carbons (Fsp3) is 0.440. The molecule has 1 unspecified atom stereocenters. The fourth-order valence-electron chi connectivity index (χ4n) is 3.41. The van der Waals surface area contributed by atoms with Gasteiger partial charge in [0.25, 0.3) is 0 Å². The number of benzene rings is 1. The van der Waals surface area contributed by atoms with Gasteiger partial charge < -0.3 is 21.3 Å². The minimum absolute atomic E-state index is 0.0504. The van der Waals surface area contributed by atoms with E-state index >= 15 is 0 Å². The van der Waals surface area contributed by atoms with E-state index in [2.05, 4.69) is 56.1 Å². The lowest BCUT2D eigenvalue weighted by Crippen LogP contribution is -2.46. The van der Waals surface area contributed by atoms with E-state index in [1.54, 1.807) is 18.3 Å². The van der Waals surface area contributed by atoms with Crippen LogP contribution in [0.15, 0.2) is 30.5 Å². The van der Waals surface area contributed by atoms with Crippen LogP contribution in [-0.2, 0) is 4.79 Å². The lowest BCUT2D eigenvalue weighted by atomic mass is 10.0. The number of nitrogens with zero attached hydrogens (tertiary/aromatic N) is 3. The number of anilines is 3. The third-order valence-corrected chi connectivity index (χ3v) is 5.23. The second-order valence-electron chi connectivity index (χ2n) is 7.90. The molecule has 2 heterocycles. The van der Waals surface area contributed by atoms with Gasteiger partial charge in [-0.1, -0.05) is 25.2 Å². The fourth-order valence-corrected chi connectivity index (χ4v) is 3.41. The number of nitrogens with one attached hydrogen (secondary N) is 4. The van der Waals surface area contributed by atoms with Gasteiger partial charge in [-0.15, -0.1) is 0 Å². The maximum absolute atomic E-state index is 12.1. The van der Waals surface area contributed by atoms with E-state index in [1.165, 1.54) is 0 Å². The Morgan fingerprint density at radius 1 is 1.24 bits per heavy atom. The summed E-state index contributed by atoms with van der Waals surface area (Å²) in [5.74, 6) is 7.56. The summed E-state index contributed by atoms with van der Waals surface area (Å²) in [6, 6.07) is 9.17. The smallest absolute Gasteiger partial charge is 0.237 e. The van der Waals surface area contributed by atoms with E-state index in [1.807, 2.05) is 12.1 Å². The van der Waals surface area contributed by atoms with Crippen LogP contribution >= 0.6 is 0 Å². The lowest BCUT2D eigenvalue weighted by molar-refractivity contribution is -0.123. The largest absolute Gasteiger partial charge is 0.369 e. The minimum atomic E-state index is -0.0504. The maximum Gasteiger partial charge on any atom is 0.237 e. The average Bonchev–Trinajstić information content (AvgIpc) is 2.86. The van der Waals surface area contributed by atoms with Crippen molar-refractivity contribution in [2.45, 2.75) is 51.5 Å². The monoisotopic (exact) mass is 445 g/mol. The highest BCUT2D eigenvalue weighted by Gasteiger charge is 2.19. The first-order valence-electron chi connectivity index (χ1n) is 11.6. The van der Waals surface area contributed by atoms with Crippen LogP contribution in [0.2, 0.25) is 0 Å². The van der Waals surface area contributed by atoms with Gasteiger partial charge in [-0.05, 0) is 56.5 Å². The molecule has 1 fully saturated rings. The molecule has 1 amide bonds. The molecule has 1 atom stereocenters. The Bertz CT molecular complexity index is 1010. The number of unbranched alkanes of at least 4 members (excludes halogenated alkanes) is 1. The molecule has 8 nitrogen and oxygen atoms in total. The van der Waals surface area contributed by atoms with Gasteiger partial charge in [0.15, 0.2) is 0 Å². The Kier molecular flexibility index (Phi) is 9.50. The number of carbonyl (C=O) groups is 1. The summed E-state index contributed by atoms with van der Waals surface area (Å²) in [7, 11) is 0.